The van der Waals surface area contributed by atoms with Crippen LogP contribution in [0.15, 0.2) is 36.0 Å². The molecule has 0 aromatic carbocycles. The third-order valence-electron chi connectivity index (χ3n) is 1.51. The monoisotopic (exact) mass is 120 g/mol. The van der Waals surface area contributed by atoms with Gasteiger partial charge in [0.2, 0.25) is 0 Å². The van der Waals surface area contributed by atoms with Gasteiger partial charge >= 0.3 is 0 Å². The second-order valence-corrected chi connectivity index (χ2v) is 2.48. The van der Waals surface area contributed by atoms with Crippen LogP contribution >= 0.6 is 0 Å². The van der Waals surface area contributed by atoms with E-state index in [1.54, 1.807) is 0 Å². The van der Waals surface area contributed by atoms with Gasteiger partial charge in [-0.2, -0.15) is 0 Å². The SMILES string of the molecule is C=C1C=CC(C)=CCC1. The molecule has 0 amide bonds. The summed E-state index contributed by atoms with van der Waals surface area (Å²) >= 11 is 0. The molecule has 48 valence electrons. The number of rotatable bonds is 0. The van der Waals surface area contributed by atoms with Crippen LogP contribution in [0, 0.1) is 0 Å². The molecule has 0 atom stereocenters. The summed E-state index contributed by atoms with van der Waals surface area (Å²) in [5.74, 6) is 0. The van der Waals surface area contributed by atoms with Crippen molar-refractivity contribution in [2.75, 3.05) is 0 Å². The fraction of sp³-hybridized carbons (Fsp3) is 0.333. The summed E-state index contributed by atoms with van der Waals surface area (Å²) in [5.41, 5.74) is 2.59. The first-order valence-electron chi connectivity index (χ1n) is 3.31. The van der Waals surface area contributed by atoms with Gasteiger partial charge in [0, 0.05) is 0 Å². The normalized spacial score (nSPS) is 19.2. The van der Waals surface area contributed by atoms with Crippen molar-refractivity contribution in [2.24, 2.45) is 0 Å². The minimum Gasteiger partial charge on any atom is -0.0958 e. The van der Waals surface area contributed by atoms with Crippen molar-refractivity contribution in [3.05, 3.63) is 36.0 Å². The molecule has 9 heavy (non-hydrogen) atoms. The summed E-state index contributed by atoms with van der Waals surface area (Å²) in [7, 11) is 0. The van der Waals surface area contributed by atoms with Crippen LogP contribution in [0.2, 0.25) is 0 Å². The molecule has 0 heteroatoms. The Bertz CT molecular complexity index is 170. The van der Waals surface area contributed by atoms with E-state index in [4.69, 9.17) is 0 Å². The zero-order valence-corrected chi connectivity index (χ0v) is 5.85. The molecule has 0 N–H and O–H groups in total. The molecule has 0 radical (unpaired) electrons. The van der Waals surface area contributed by atoms with E-state index < -0.39 is 0 Å². The molecular formula is C9H12. The third-order valence-corrected chi connectivity index (χ3v) is 1.51. The van der Waals surface area contributed by atoms with Crippen molar-refractivity contribution in [2.45, 2.75) is 19.8 Å². The lowest BCUT2D eigenvalue weighted by molar-refractivity contribution is 1.01. The molecular weight excluding hydrogens is 108 g/mol. The van der Waals surface area contributed by atoms with Crippen LogP contribution in [0.4, 0.5) is 0 Å². The van der Waals surface area contributed by atoms with Gasteiger partial charge in [-0.15, -0.1) is 0 Å². The molecule has 0 aliphatic heterocycles. The number of hydrogen-bond acceptors (Lipinski definition) is 0. The molecule has 0 aromatic heterocycles. The Morgan fingerprint density at radius 3 is 3.00 bits per heavy atom. The van der Waals surface area contributed by atoms with E-state index in [1.165, 1.54) is 11.1 Å². The first-order valence-corrected chi connectivity index (χ1v) is 3.31. The topological polar surface area (TPSA) is 0 Å². The van der Waals surface area contributed by atoms with E-state index in [2.05, 4.69) is 31.7 Å². The molecule has 0 spiro atoms. The molecule has 0 heterocycles. The Labute approximate surface area is 56.6 Å². The molecule has 1 rings (SSSR count). The molecule has 0 saturated carbocycles. The maximum Gasteiger partial charge on any atom is -0.0250 e. The molecule has 0 nitrogen and oxygen atoms in total. The van der Waals surface area contributed by atoms with E-state index in [0.29, 0.717) is 0 Å². The molecule has 0 unspecified atom stereocenters. The van der Waals surface area contributed by atoms with Crippen LogP contribution in [-0.2, 0) is 0 Å². The van der Waals surface area contributed by atoms with Crippen LogP contribution in [0.25, 0.3) is 0 Å². The second-order valence-electron chi connectivity index (χ2n) is 2.48. The van der Waals surface area contributed by atoms with Gasteiger partial charge < -0.3 is 0 Å². The standard InChI is InChI=1S/C9H12/c1-8-4-3-5-9(2)7-6-8/h5-7H,1,3-4H2,2H3. The zero-order chi connectivity index (χ0) is 6.69. The highest BCUT2D eigenvalue weighted by atomic mass is 14.0. The molecule has 1 aliphatic carbocycles. The lowest BCUT2D eigenvalue weighted by Gasteiger charge is -1.89. The second kappa shape index (κ2) is 2.67. The van der Waals surface area contributed by atoms with Crippen LogP contribution in [0.5, 0.6) is 0 Å². The van der Waals surface area contributed by atoms with E-state index in [-0.39, 0.29) is 0 Å². The Hall–Kier alpha value is -0.780. The van der Waals surface area contributed by atoms with Crippen molar-refractivity contribution in [1.82, 2.24) is 0 Å². The first kappa shape index (κ1) is 6.34. The van der Waals surface area contributed by atoms with Crippen LogP contribution in [-0.4, -0.2) is 0 Å². The highest BCUT2D eigenvalue weighted by Gasteiger charge is 1.92. The predicted octanol–water partition coefficient (Wildman–Crippen LogP) is 2.84. The molecule has 0 bridgehead atoms. The summed E-state index contributed by atoms with van der Waals surface area (Å²) in [6.45, 7) is 6.01. The summed E-state index contributed by atoms with van der Waals surface area (Å²) in [6.07, 6.45) is 8.73. The lowest BCUT2D eigenvalue weighted by Crippen LogP contribution is -1.69. The minimum atomic E-state index is 1.12. The summed E-state index contributed by atoms with van der Waals surface area (Å²) in [6, 6.07) is 0. The predicted molar refractivity (Wildman–Crippen MR) is 41.3 cm³/mol. The van der Waals surface area contributed by atoms with E-state index in [0.717, 1.165) is 12.8 Å². The van der Waals surface area contributed by atoms with Gasteiger partial charge in [-0.05, 0) is 19.8 Å². The van der Waals surface area contributed by atoms with Crippen LogP contribution < -0.4 is 0 Å². The summed E-state index contributed by atoms with van der Waals surface area (Å²) < 4.78 is 0. The largest absolute Gasteiger partial charge is 0.0958 e. The first-order chi connectivity index (χ1) is 4.29. The fourth-order valence-electron chi connectivity index (χ4n) is 0.886. The molecule has 0 saturated heterocycles. The van der Waals surface area contributed by atoms with Gasteiger partial charge in [-0.1, -0.05) is 36.0 Å². The number of hydrogen-bond donors (Lipinski definition) is 0. The van der Waals surface area contributed by atoms with E-state index in [9.17, 15) is 0 Å². The minimum absolute atomic E-state index is 1.12. The Morgan fingerprint density at radius 1 is 1.44 bits per heavy atom. The van der Waals surface area contributed by atoms with Gasteiger partial charge in [-0.25, -0.2) is 0 Å². The van der Waals surface area contributed by atoms with Gasteiger partial charge in [0.25, 0.3) is 0 Å². The van der Waals surface area contributed by atoms with Crippen LogP contribution in [0.3, 0.4) is 0 Å². The fourth-order valence-corrected chi connectivity index (χ4v) is 0.886. The smallest absolute Gasteiger partial charge is 0.0250 e. The highest BCUT2D eigenvalue weighted by Crippen LogP contribution is 2.12. The van der Waals surface area contributed by atoms with Crippen molar-refractivity contribution in [1.29, 1.82) is 0 Å². The zero-order valence-electron chi connectivity index (χ0n) is 5.85. The van der Waals surface area contributed by atoms with E-state index in [1.807, 2.05) is 0 Å². The van der Waals surface area contributed by atoms with Crippen molar-refractivity contribution in [3.63, 3.8) is 0 Å². The van der Waals surface area contributed by atoms with Gasteiger partial charge in [0.15, 0.2) is 0 Å². The maximum atomic E-state index is 3.89. The quantitative estimate of drug-likeness (QED) is 0.461. The Kier molecular flexibility index (Phi) is 1.88. The van der Waals surface area contributed by atoms with Crippen molar-refractivity contribution < 1.29 is 0 Å². The average Bonchev–Trinajstić information content (AvgIpc) is 1.97. The molecule has 0 aromatic rings. The van der Waals surface area contributed by atoms with Gasteiger partial charge in [0.1, 0.15) is 0 Å². The van der Waals surface area contributed by atoms with E-state index >= 15 is 0 Å². The van der Waals surface area contributed by atoms with Gasteiger partial charge in [-0.3, -0.25) is 0 Å². The lowest BCUT2D eigenvalue weighted by atomic mass is 10.2. The summed E-state index contributed by atoms with van der Waals surface area (Å²) in [4.78, 5) is 0. The third kappa shape index (κ3) is 1.88. The average molecular weight is 120 g/mol. The number of allylic oxidation sites excluding steroid dienone is 5. The Balaban J connectivity index is 2.69. The van der Waals surface area contributed by atoms with Crippen molar-refractivity contribution >= 4 is 0 Å². The molecule has 0 fully saturated rings. The molecule has 1 aliphatic rings. The summed E-state index contributed by atoms with van der Waals surface area (Å²) in [5, 5.41) is 0. The Morgan fingerprint density at radius 2 is 2.22 bits per heavy atom. The highest BCUT2D eigenvalue weighted by molar-refractivity contribution is 5.27. The van der Waals surface area contributed by atoms with Crippen LogP contribution in [0.1, 0.15) is 19.8 Å². The maximum absolute atomic E-state index is 3.89. The van der Waals surface area contributed by atoms with Crippen molar-refractivity contribution in [3.8, 4) is 0 Å². The van der Waals surface area contributed by atoms with Gasteiger partial charge in [0.05, 0.1) is 0 Å².